The number of ether oxygens (including phenoxy) is 2. The number of aromatic nitrogens is 5. The third-order valence-electron chi connectivity index (χ3n) is 6.22. The Balaban J connectivity index is 1.34. The number of carbonyl (C=O) groups is 1. The van der Waals surface area contributed by atoms with Crippen molar-refractivity contribution in [1.82, 2.24) is 35.6 Å². The van der Waals surface area contributed by atoms with Crippen molar-refractivity contribution in [3.05, 3.63) is 68.4 Å². The molecule has 1 aliphatic heterocycles. The highest BCUT2D eigenvalue weighted by molar-refractivity contribution is 9.10. The Kier molecular flexibility index (Phi) is 8.57. The van der Waals surface area contributed by atoms with Gasteiger partial charge in [-0.25, -0.2) is 10.1 Å². The van der Waals surface area contributed by atoms with Gasteiger partial charge in [-0.2, -0.15) is 9.78 Å². The van der Waals surface area contributed by atoms with E-state index in [2.05, 4.69) is 52.0 Å². The zero-order valence-electron chi connectivity index (χ0n) is 21.4. The highest BCUT2D eigenvalue weighted by Gasteiger charge is 2.27. The van der Waals surface area contributed by atoms with E-state index in [0.29, 0.717) is 38.8 Å². The van der Waals surface area contributed by atoms with Gasteiger partial charge in [-0.3, -0.25) is 9.69 Å². The van der Waals surface area contributed by atoms with Crippen molar-refractivity contribution < 1.29 is 18.9 Å². The minimum Gasteiger partial charge on any atom is -0.496 e. The number of hydrogen-bond acceptors (Lipinski definition) is 11. The highest BCUT2D eigenvalue weighted by atomic mass is 79.9. The first-order valence-corrected chi connectivity index (χ1v) is 13.4. The van der Waals surface area contributed by atoms with Gasteiger partial charge in [-0.05, 0) is 64.3 Å². The lowest BCUT2D eigenvalue weighted by molar-refractivity contribution is 0.0945. The van der Waals surface area contributed by atoms with Gasteiger partial charge in [0.25, 0.3) is 5.91 Å². The fraction of sp³-hybridized carbons (Fsp3) is 0.280. The summed E-state index contributed by atoms with van der Waals surface area (Å²) in [7, 11) is 1.53. The standard InChI is InChI=1S/C25H25BrClN9O4/c1-38-21-11-16(39-14-15-6-2-3-7-19(15)27)10-18(26)17(21)12-29-31-25(37)22-20(13-35-8-4-5-9-35)30-34-36(22)24-23(28)32-40-33-24/h2-3,6-7,10-12H,4-5,8-9,13-14H2,1H3,(H2,28,32)(H,31,37)/b29-12+. The van der Waals surface area contributed by atoms with E-state index in [0.717, 1.165) is 31.5 Å². The molecule has 4 aromatic rings. The Morgan fingerprint density at radius 3 is 2.80 bits per heavy atom. The molecule has 3 heterocycles. The first-order valence-electron chi connectivity index (χ1n) is 12.3. The minimum atomic E-state index is -0.562. The van der Waals surface area contributed by atoms with E-state index in [1.807, 2.05) is 18.2 Å². The number of carbonyl (C=O) groups excluding carboxylic acids is 1. The summed E-state index contributed by atoms with van der Waals surface area (Å²) in [6.07, 6.45) is 3.63. The van der Waals surface area contributed by atoms with Gasteiger partial charge >= 0.3 is 0 Å². The van der Waals surface area contributed by atoms with E-state index >= 15 is 0 Å². The maximum absolute atomic E-state index is 13.3. The Morgan fingerprint density at radius 2 is 2.08 bits per heavy atom. The summed E-state index contributed by atoms with van der Waals surface area (Å²) in [6, 6.07) is 10.9. The topological polar surface area (TPSA) is 159 Å². The highest BCUT2D eigenvalue weighted by Crippen LogP contribution is 2.32. The smallest absolute Gasteiger partial charge is 0.292 e. The normalized spacial score (nSPS) is 13.7. The molecule has 13 nitrogen and oxygen atoms in total. The Hall–Kier alpha value is -4.01. The number of hydrazone groups is 1. The van der Waals surface area contributed by atoms with Gasteiger partial charge in [0.1, 0.15) is 23.8 Å². The number of hydrogen-bond donors (Lipinski definition) is 2. The number of nitrogens with one attached hydrogen (secondary N) is 1. The molecule has 15 heteroatoms. The molecule has 1 amide bonds. The summed E-state index contributed by atoms with van der Waals surface area (Å²) in [5.74, 6) is 0.508. The largest absolute Gasteiger partial charge is 0.496 e. The van der Waals surface area contributed by atoms with Gasteiger partial charge in [0.15, 0.2) is 5.69 Å². The van der Waals surface area contributed by atoms with Crippen LogP contribution in [-0.2, 0) is 13.2 Å². The fourth-order valence-electron chi connectivity index (χ4n) is 4.22. The number of anilines is 1. The lowest BCUT2D eigenvalue weighted by Crippen LogP contribution is -2.26. The van der Waals surface area contributed by atoms with Crippen LogP contribution in [0.15, 0.2) is 50.6 Å². The summed E-state index contributed by atoms with van der Waals surface area (Å²) in [6.45, 7) is 2.54. The molecule has 40 heavy (non-hydrogen) atoms. The van der Waals surface area contributed by atoms with Crippen LogP contribution in [0.2, 0.25) is 5.02 Å². The van der Waals surface area contributed by atoms with Crippen molar-refractivity contribution in [1.29, 1.82) is 0 Å². The van der Waals surface area contributed by atoms with E-state index in [1.54, 1.807) is 18.2 Å². The molecule has 0 bridgehead atoms. The molecule has 208 valence electrons. The number of likely N-dealkylation sites (tertiary alicyclic amines) is 1. The van der Waals surface area contributed by atoms with Crippen molar-refractivity contribution in [2.24, 2.45) is 5.10 Å². The zero-order chi connectivity index (χ0) is 28.1. The van der Waals surface area contributed by atoms with Crippen LogP contribution in [0.25, 0.3) is 5.82 Å². The van der Waals surface area contributed by atoms with Crippen LogP contribution in [0.3, 0.4) is 0 Å². The second-order valence-corrected chi connectivity index (χ2v) is 10.1. The van der Waals surface area contributed by atoms with Crippen LogP contribution in [0, 0.1) is 0 Å². The van der Waals surface area contributed by atoms with Gasteiger partial charge in [0.05, 0.1) is 18.9 Å². The second-order valence-electron chi connectivity index (χ2n) is 8.85. The Labute approximate surface area is 242 Å². The molecule has 1 fully saturated rings. The number of nitrogens with zero attached hydrogens (tertiary/aromatic N) is 7. The molecule has 2 aromatic heterocycles. The van der Waals surface area contributed by atoms with Crippen molar-refractivity contribution in [3.63, 3.8) is 0 Å². The molecule has 1 saturated heterocycles. The number of benzene rings is 2. The molecular weight excluding hydrogens is 606 g/mol. The Morgan fingerprint density at radius 1 is 1.27 bits per heavy atom. The molecule has 0 aliphatic carbocycles. The van der Waals surface area contributed by atoms with Crippen molar-refractivity contribution in [2.45, 2.75) is 26.0 Å². The third kappa shape index (κ3) is 6.08. The number of amides is 1. The van der Waals surface area contributed by atoms with Gasteiger partial charge in [0, 0.05) is 27.7 Å². The van der Waals surface area contributed by atoms with Gasteiger partial charge < -0.3 is 15.2 Å². The molecule has 0 saturated carbocycles. The maximum atomic E-state index is 13.3. The molecule has 5 rings (SSSR count). The van der Waals surface area contributed by atoms with E-state index in [9.17, 15) is 4.79 Å². The third-order valence-corrected chi connectivity index (χ3v) is 7.25. The molecular formula is C25H25BrClN9O4. The summed E-state index contributed by atoms with van der Waals surface area (Å²) < 4.78 is 18.0. The van der Waals surface area contributed by atoms with Crippen molar-refractivity contribution in [2.75, 3.05) is 25.9 Å². The summed E-state index contributed by atoms with van der Waals surface area (Å²) in [5.41, 5.74) is 10.4. The average molecular weight is 631 g/mol. The lowest BCUT2D eigenvalue weighted by Gasteiger charge is -2.13. The molecule has 3 N–H and O–H groups in total. The quantitative estimate of drug-likeness (QED) is 0.196. The number of rotatable bonds is 10. The van der Waals surface area contributed by atoms with Crippen LogP contribution in [0.5, 0.6) is 11.5 Å². The second kappa shape index (κ2) is 12.4. The number of nitrogen functional groups attached to an aromatic ring is 1. The predicted molar refractivity (Wildman–Crippen MR) is 150 cm³/mol. The van der Waals surface area contributed by atoms with Crippen LogP contribution < -0.4 is 20.6 Å². The zero-order valence-corrected chi connectivity index (χ0v) is 23.7. The lowest BCUT2D eigenvalue weighted by atomic mass is 10.2. The Bertz CT molecular complexity index is 1530. The average Bonchev–Trinajstić information content (AvgIpc) is 3.71. The van der Waals surface area contributed by atoms with Crippen molar-refractivity contribution >= 4 is 45.5 Å². The summed E-state index contributed by atoms with van der Waals surface area (Å²) >= 11 is 9.76. The maximum Gasteiger partial charge on any atom is 0.292 e. The molecule has 0 radical (unpaired) electrons. The first-order chi connectivity index (χ1) is 19.4. The van der Waals surface area contributed by atoms with Crippen molar-refractivity contribution in [3.8, 4) is 17.3 Å². The van der Waals surface area contributed by atoms with E-state index in [-0.39, 0.29) is 23.9 Å². The van der Waals surface area contributed by atoms with Crippen LogP contribution >= 0.6 is 27.5 Å². The van der Waals surface area contributed by atoms with Crippen LogP contribution in [-0.4, -0.2) is 62.5 Å². The van der Waals surface area contributed by atoms with Gasteiger partial charge in [-0.15, -0.1) is 5.10 Å². The number of nitrogens with two attached hydrogens (primary N) is 1. The first kappa shape index (κ1) is 27.6. The number of methoxy groups -OCH3 is 1. The van der Waals surface area contributed by atoms with Gasteiger partial charge in [0.2, 0.25) is 11.6 Å². The molecule has 2 aromatic carbocycles. The van der Waals surface area contributed by atoms with Crippen LogP contribution in [0.4, 0.5) is 5.82 Å². The van der Waals surface area contributed by atoms with E-state index in [1.165, 1.54) is 18.0 Å². The van der Waals surface area contributed by atoms with Gasteiger partial charge in [-0.1, -0.05) is 35.0 Å². The fourth-order valence-corrected chi connectivity index (χ4v) is 4.93. The monoisotopic (exact) mass is 629 g/mol. The number of halogens is 2. The molecule has 0 spiro atoms. The van der Waals surface area contributed by atoms with E-state index in [4.69, 9.17) is 31.4 Å². The molecule has 0 unspecified atom stereocenters. The van der Waals surface area contributed by atoms with E-state index < -0.39 is 5.91 Å². The predicted octanol–water partition coefficient (Wildman–Crippen LogP) is 3.60. The van der Waals surface area contributed by atoms with Crippen LogP contribution in [0.1, 0.15) is 40.2 Å². The molecule has 0 atom stereocenters. The molecule has 1 aliphatic rings. The summed E-state index contributed by atoms with van der Waals surface area (Å²) in [4.78, 5) is 15.5. The minimum absolute atomic E-state index is 0.0271. The summed E-state index contributed by atoms with van der Waals surface area (Å²) in [5, 5.41) is 20.4. The SMILES string of the molecule is COc1cc(OCc2ccccc2Cl)cc(Br)c1/C=N/NC(=O)c1c(CN2CCCC2)nnn1-c1nonc1N.